The van der Waals surface area contributed by atoms with Gasteiger partial charge in [-0.05, 0) is 6.92 Å². The summed E-state index contributed by atoms with van der Waals surface area (Å²) in [6.07, 6.45) is 0.630. The molecule has 0 fully saturated rings. The SMILES string of the molecule is C=C(C)C(=O)OCC[N+](C)(C)CCCO[SH](=O)=O. The highest BCUT2D eigenvalue weighted by molar-refractivity contribution is 7.67. The molecule has 0 aliphatic rings. The molecule has 7 heteroatoms. The van der Waals surface area contributed by atoms with Crippen LogP contribution in [0.2, 0.25) is 0 Å². The molecule has 0 aliphatic carbocycles. The Balaban J connectivity index is 3.79. The largest absolute Gasteiger partial charge is 0.456 e. The average Bonchev–Trinajstić information content (AvgIpc) is 2.23. The van der Waals surface area contributed by atoms with Gasteiger partial charge >= 0.3 is 5.97 Å². The third-order valence-corrected chi connectivity index (χ3v) is 2.78. The Morgan fingerprint density at radius 1 is 1.22 bits per heavy atom. The van der Waals surface area contributed by atoms with E-state index in [1.165, 1.54) is 0 Å². The molecule has 0 saturated carbocycles. The molecule has 106 valence electrons. The van der Waals surface area contributed by atoms with Crippen molar-refractivity contribution in [3.63, 3.8) is 0 Å². The third-order valence-electron chi connectivity index (χ3n) is 2.38. The second kappa shape index (κ2) is 8.23. The van der Waals surface area contributed by atoms with Crippen LogP contribution < -0.4 is 0 Å². The van der Waals surface area contributed by atoms with E-state index in [2.05, 4.69) is 10.8 Å². The van der Waals surface area contributed by atoms with Gasteiger partial charge < -0.3 is 9.22 Å². The van der Waals surface area contributed by atoms with Crippen LogP contribution in [0, 0.1) is 0 Å². The highest BCUT2D eigenvalue weighted by Gasteiger charge is 2.15. The molecule has 0 unspecified atom stereocenters. The maximum Gasteiger partial charge on any atom is 0.333 e. The fourth-order valence-electron chi connectivity index (χ4n) is 1.25. The van der Waals surface area contributed by atoms with Crippen LogP contribution in [0.3, 0.4) is 0 Å². The van der Waals surface area contributed by atoms with Crippen molar-refractivity contribution in [2.24, 2.45) is 0 Å². The van der Waals surface area contributed by atoms with Crippen LogP contribution in [0.15, 0.2) is 12.2 Å². The van der Waals surface area contributed by atoms with E-state index in [0.717, 1.165) is 6.54 Å². The van der Waals surface area contributed by atoms with Crippen LogP contribution in [-0.4, -0.2) is 59.3 Å². The van der Waals surface area contributed by atoms with Crippen molar-refractivity contribution < 1.29 is 26.6 Å². The molecule has 0 aromatic carbocycles. The lowest BCUT2D eigenvalue weighted by atomic mass is 10.3. The third kappa shape index (κ3) is 9.15. The van der Waals surface area contributed by atoms with E-state index in [0.29, 0.717) is 29.6 Å². The quantitative estimate of drug-likeness (QED) is 0.213. The van der Waals surface area contributed by atoms with Crippen molar-refractivity contribution in [2.75, 3.05) is 40.4 Å². The van der Waals surface area contributed by atoms with Crippen LogP contribution >= 0.6 is 0 Å². The molecule has 0 aromatic rings. The Kier molecular flexibility index (Phi) is 7.81. The lowest BCUT2D eigenvalue weighted by Crippen LogP contribution is -2.43. The minimum absolute atomic E-state index is 0.186. The number of quaternary nitrogens is 1. The lowest BCUT2D eigenvalue weighted by molar-refractivity contribution is -0.890. The molecule has 0 atom stereocenters. The van der Waals surface area contributed by atoms with E-state index < -0.39 is 11.0 Å². The Hall–Kier alpha value is -0.920. The minimum Gasteiger partial charge on any atom is -0.456 e. The molecule has 0 heterocycles. The molecular weight excluding hydrogens is 258 g/mol. The molecule has 0 aromatic heterocycles. The van der Waals surface area contributed by atoms with Gasteiger partial charge in [0, 0.05) is 12.0 Å². The predicted octanol–water partition coefficient (Wildman–Crippen LogP) is 0.115. The number of carbonyl (C=O) groups excluding carboxylic acids is 1. The monoisotopic (exact) mass is 280 g/mol. The van der Waals surface area contributed by atoms with Crippen LogP contribution in [-0.2, 0) is 24.7 Å². The summed E-state index contributed by atoms with van der Waals surface area (Å²) in [6.45, 7) is 7.00. The van der Waals surface area contributed by atoms with Crippen molar-refractivity contribution in [2.45, 2.75) is 13.3 Å². The highest BCUT2D eigenvalue weighted by atomic mass is 32.2. The van der Waals surface area contributed by atoms with Gasteiger partial charge in [0.1, 0.15) is 13.2 Å². The summed E-state index contributed by atoms with van der Waals surface area (Å²) in [4.78, 5) is 11.1. The number of hydrogen-bond donors (Lipinski definition) is 1. The smallest absolute Gasteiger partial charge is 0.333 e. The Bertz CT molecular complexity index is 354. The number of nitrogens with zero attached hydrogens (tertiary/aromatic N) is 1. The maximum absolute atomic E-state index is 11.1. The number of carbonyl (C=O) groups is 1. The number of likely N-dealkylation sites (N-methyl/N-ethyl adjacent to an activating group) is 1. The predicted molar refractivity (Wildman–Crippen MR) is 68.5 cm³/mol. The molecule has 0 aliphatic heterocycles. The summed E-state index contributed by atoms with van der Waals surface area (Å²) < 4.78 is 30.4. The zero-order chi connectivity index (χ0) is 14.2. The minimum atomic E-state index is -2.76. The first-order valence-electron chi connectivity index (χ1n) is 5.66. The molecule has 0 N–H and O–H groups in total. The van der Waals surface area contributed by atoms with Gasteiger partial charge in [0.05, 0.1) is 27.2 Å². The van der Waals surface area contributed by atoms with Gasteiger partial charge in [-0.1, -0.05) is 6.58 Å². The Morgan fingerprint density at radius 3 is 2.33 bits per heavy atom. The van der Waals surface area contributed by atoms with E-state index in [1.807, 2.05) is 14.1 Å². The zero-order valence-corrected chi connectivity index (χ0v) is 12.1. The standard InChI is InChI=1S/C11H22NO5S/c1-10(2)11(13)16-9-7-12(3,4)6-5-8-17-18(14)15/h18H,1,5-9H2,2-4H3/q+1. The summed E-state index contributed by atoms with van der Waals surface area (Å²) in [5.41, 5.74) is 0.382. The van der Waals surface area contributed by atoms with E-state index in [9.17, 15) is 13.2 Å². The molecule has 18 heavy (non-hydrogen) atoms. The summed E-state index contributed by atoms with van der Waals surface area (Å²) >= 11 is 0. The molecule has 0 rings (SSSR count). The van der Waals surface area contributed by atoms with Crippen LogP contribution in [0.25, 0.3) is 0 Å². The fraction of sp³-hybridized carbons (Fsp3) is 0.727. The lowest BCUT2D eigenvalue weighted by Gasteiger charge is -2.29. The molecule has 0 bridgehead atoms. The normalized spacial score (nSPS) is 11.6. The van der Waals surface area contributed by atoms with Crippen molar-refractivity contribution in [1.29, 1.82) is 0 Å². The van der Waals surface area contributed by atoms with Crippen molar-refractivity contribution in [1.82, 2.24) is 0 Å². The van der Waals surface area contributed by atoms with Gasteiger partial charge in [-0.15, -0.1) is 0 Å². The second-order valence-electron chi connectivity index (χ2n) is 4.71. The summed E-state index contributed by atoms with van der Waals surface area (Å²) in [6, 6.07) is 0. The number of hydrogen-bond acceptors (Lipinski definition) is 5. The van der Waals surface area contributed by atoms with Crippen LogP contribution in [0.5, 0.6) is 0 Å². The number of esters is 1. The van der Waals surface area contributed by atoms with E-state index >= 15 is 0 Å². The molecule has 0 spiro atoms. The topological polar surface area (TPSA) is 69.7 Å². The van der Waals surface area contributed by atoms with Gasteiger partial charge in [0.15, 0.2) is 0 Å². The molecule has 0 saturated heterocycles. The van der Waals surface area contributed by atoms with Crippen molar-refractivity contribution >= 4 is 17.0 Å². The first-order chi connectivity index (χ1) is 8.24. The summed E-state index contributed by atoms with van der Waals surface area (Å²) in [5, 5.41) is 0. The Morgan fingerprint density at radius 2 is 1.83 bits per heavy atom. The second-order valence-corrected chi connectivity index (χ2v) is 5.41. The zero-order valence-electron chi connectivity index (χ0n) is 11.2. The molecule has 0 amide bonds. The average molecular weight is 280 g/mol. The van der Waals surface area contributed by atoms with E-state index in [-0.39, 0.29) is 12.6 Å². The van der Waals surface area contributed by atoms with E-state index in [1.54, 1.807) is 6.92 Å². The maximum atomic E-state index is 11.1. The molecular formula is C11H22NO5S+. The first kappa shape index (κ1) is 17.1. The van der Waals surface area contributed by atoms with Crippen molar-refractivity contribution in [3.8, 4) is 0 Å². The fourth-order valence-corrected chi connectivity index (χ4v) is 1.53. The molecule has 6 nitrogen and oxygen atoms in total. The van der Waals surface area contributed by atoms with Gasteiger partial charge in [0.25, 0.3) is 11.0 Å². The summed E-state index contributed by atoms with van der Waals surface area (Å²) in [5.74, 6) is -0.387. The Labute approximate surface area is 110 Å². The number of ether oxygens (including phenoxy) is 1. The van der Waals surface area contributed by atoms with Gasteiger partial charge in [-0.2, -0.15) is 0 Å². The van der Waals surface area contributed by atoms with Crippen LogP contribution in [0.1, 0.15) is 13.3 Å². The first-order valence-corrected chi connectivity index (χ1v) is 6.76. The number of rotatable bonds is 9. The van der Waals surface area contributed by atoms with Gasteiger partial charge in [-0.25, -0.2) is 13.2 Å². The van der Waals surface area contributed by atoms with Crippen molar-refractivity contribution in [3.05, 3.63) is 12.2 Å². The molecule has 0 radical (unpaired) electrons. The van der Waals surface area contributed by atoms with E-state index in [4.69, 9.17) is 4.74 Å². The summed E-state index contributed by atoms with van der Waals surface area (Å²) in [7, 11) is 1.20. The highest BCUT2D eigenvalue weighted by Crippen LogP contribution is 2.01. The van der Waals surface area contributed by atoms with Gasteiger partial charge in [-0.3, -0.25) is 4.18 Å². The van der Waals surface area contributed by atoms with Gasteiger partial charge in [0.2, 0.25) is 0 Å². The van der Waals surface area contributed by atoms with Crippen LogP contribution in [0.4, 0.5) is 0 Å². The number of thiol groups is 1.